The molecule has 0 fully saturated rings. The standard InChI is InChI=1S/C57H96O6/c1-4-7-10-13-16-19-22-24-25-26-27-28-29-30-31-33-35-38-41-44-47-50-56(59)62-53-54(52-61-55(58)49-46-43-40-37-34-21-18-15-12-9-6-3)63-57(60)51-48-45-42-39-36-32-23-20-17-14-11-8-5-2/h7,10,15-16,18-20,23-25,27-28,30-31,54H,4-6,8-9,11-14,17,21-22,26,29,32-53H2,1-3H3/b10-7-,18-15-,19-16-,23-20-,25-24-,28-27-,31-30-. The SMILES string of the molecule is CC/C=C\C/C=C\C/C=C\C/C=C\C/C=C\CCCCCCCC(=O)OCC(COC(=O)CCCCCCC/C=C\CCCC)OC(=O)CCCCCCC/C=C\CCCCCC. The van der Waals surface area contributed by atoms with E-state index in [4.69, 9.17) is 14.2 Å². The van der Waals surface area contributed by atoms with E-state index in [2.05, 4.69) is 106 Å². The molecular formula is C57H96O6. The number of hydrogen-bond donors (Lipinski definition) is 0. The maximum absolute atomic E-state index is 12.8. The Bertz CT molecular complexity index is 1240. The van der Waals surface area contributed by atoms with Gasteiger partial charge >= 0.3 is 17.9 Å². The lowest BCUT2D eigenvalue weighted by atomic mass is 10.1. The summed E-state index contributed by atoms with van der Waals surface area (Å²) in [7, 11) is 0. The van der Waals surface area contributed by atoms with Crippen molar-refractivity contribution in [2.45, 2.75) is 245 Å². The average molecular weight is 877 g/mol. The van der Waals surface area contributed by atoms with Crippen LogP contribution in [0.15, 0.2) is 85.1 Å². The summed E-state index contributed by atoms with van der Waals surface area (Å²) in [5, 5.41) is 0. The molecule has 0 aliphatic rings. The van der Waals surface area contributed by atoms with Crippen LogP contribution in [-0.2, 0) is 28.6 Å². The van der Waals surface area contributed by atoms with E-state index in [1.54, 1.807) is 0 Å². The quantitative estimate of drug-likeness (QED) is 0.0262. The highest BCUT2D eigenvalue weighted by molar-refractivity contribution is 5.71. The predicted molar refractivity (Wildman–Crippen MR) is 270 cm³/mol. The summed E-state index contributed by atoms with van der Waals surface area (Å²) in [6.45, 7) is 6.43. The van der Waals surface area contributed by atoms with Gasteiger partial charge in [-0.25, -0.2) is 0 Å². The number of carbonyl (C=O) groups is 3. The molecule has 0 aromatic heterocycles. The zero-order valence-electron chi connectivity index (χ0n) is 41.1. The van der Waals surface area contributed by atoms with E-state index in [0.29, 0.717) is 19.3 Å². The van der Waals surface area contributed by atoms with Crippen LogP contribution in [0.25, 0.3) is 0 Å². The first-order chi connectivity index (χ1) is 31.0. The molecule has 0 aromatic carbocycles. The molecule has 0 saturated carbocycles. The monoisotopic (exact) mass is 877 g/mol. The zero-order valence-corrected chi connectivity index (χ0v) is 41.1. The Morgan fingerprint density at radius 1 is 0.333 bits per heavy atom. The highest BCUT2D eigenvalue weighted by atomic mass is 16.6. The molecule has 1 unspecified atom stereocenters. The van der Waals surface area contributed by atoms with Gasteiger partial charge in [-0.3, -0.25) is 14.4 Å². The molecule has 6 heteroatoms. The number of esters is 3. The summed E-state index contributed by atoms with van der Waals surface area (Å²) in [6, 6.07) is 0. The van der Waals surface area contributed by atoms with Gasteiger partial charge in [-0.05, 0) is 109 Å². The van der Waals surface area contributed by atoms with Gasteiger partial charge in [0, 0.05) is 19.3 Å². The number of carbonyl (C=O) groups excluding carboxylic acids is 3. The molecule has 360 valence electrons. The maximum atomic E-state index is 12.8. The largest absolute Gasteiger partial charge is 0.462 e. The Morgan fingerprint density at radius 3 is 1.03 bits per heavy atom. The number of allylic oxidation sites excluding steroid dienone is 14. The van der Waals surface area contributed by atoms with Crippen LogP contribution < -0.4 is 0 Å². The lowest BCUT2D eigenvalue weighted by Gasteiger charge is -2.18. The molecule has 0 rings (SSSR count). The second-order valence-electron chi connectivity index (χ2n) is 17.0. The zero-order chi connectivity index (χ0) is 45.8. The lowest BCUT2D eigenvalue weighted by Crippen LogP contribution is -2.30. The highest BCUT2D eigenvalue weighted by Gasteiger charge is 2.19. The van der Waals surface area contributed by atoms with Crippen LogP contribution in [0.3, 0.4) is 0 Å². The molecular weight excluding hydrogens is 781 g/mol. The van der Waals surface area contributed by atoms with Gasteiger partial charge in [-0.2, -0.15) is 0 Å². The van der Waals surface area contributed by atoms with Crippen LogP contribution in [-0.4, -0.2) is 37.2 Å². The minimum Gasteiger partial charge on any atom is -0.462 e. The number of rotatable bonds is 46. The molecule has 0 amide bonds. The summed E-state index contributed by atoms with van der Waals surface area (Å²) in [5.41, 5.74) is 0. The topological polar surface area (TPSA) is 78.9 Å². The van der Waals surface area contributed by atoms with Gasteiger partial charge in [0.25, 0.3) is 0 Å². The van der Waals surface area contributed by atoms with Crippen molar-refractivity contribution in [2.75, 3.05) is 13.2 Å². The fourth-order valence-electron chi connectivity index (χ4n) is 6.91. The molecule has 0 saturated heterocycles. The minimum atomic E-state index is -0.791. The fraction of sp³-hybridized carbons (Fsp3) is 0.702. The van der Waals surface area contributed by atoms with E-state index < -0.39 is 6.10 Å². The maximum Gasteiger partial charge on any atom is 0.306 e. The van der Waals surface area contributed by atoms with Crippen LogP contribution in [0.2, 0.25) is 0 Å². The molecule has 0 aromatic rings. The van der Waals surface area contributed by atoms with E-state index in [1.165, 1.54) is 70.6 Å². The van der Waals surface area contributed by atoms with Gasteiger partial charge < -0.3 is 14.2 Å². The summed E-state index contributed by atoms with van der Waals surface area (Å²) in [5.74, 6) is -0.930. The van der Waals surface area contributed by atoms with Crippen molar-refractivity contribution in [3.05, 3.63) is 85.1 Å². The number of ether oxygens (including phenoxy) is 3. The fourth-order valence-corrected chi connectivity index (χ4v) is 6.91. The van der Waals surface area contributed by atoms with E-state index in [1.807, 2.05) is 0 Å². The van der Waals surface area contributed by atoms with Crippen molar-refractivity contribution in [2.24, 2.45) is 0 Å². The highest BCUT2D eigenvalue weighted by Crippen LogP contribution is 2.13. The molecule has 63 heavy (non-hydrogen) atoms. The predicted octanol–water partition coefficient (Wildman–Crippen LogP) is 17.2. The van der Waals surface area contributed by atoms with Gasteiger partial charge in [0.05, 0.1) is 0 Å². The Kier molecular flexibility index (Phi) is 48.5. The van der Waals surface area contributed by atoms with Crippen LogP contribution in [0.1, 0.15) is 239 Å². The van der Waals surface area contributed by atoms with Crippen molar-refractivity contribution < 1.29 is 28.6 Å². The van der Waals surface area contributed by atoms with Gasteiger partial charge in [-0.1, -0.05) is 196 Å². The molecule has 0 aliphatic carbocycles. The first-order valence-corrected chi connectivity index (χ1v) is 26.1. The van der Waals surface area contributed by atoms with Crippen LogP contribution in [0.4, 0.5) is 0 Å². The molecule has 6 nitrogen and oxygen atoms in total. The first-order valence-electron chi connectivity index (χ1n) is 26.1. The van der Waals surface area contributed by atoms with Crippen molar-refractivity contribution in [3.8, 4) is 0 Å². The number of unbranched alkanes of at least 4 members (excludes halogenated alkanes) is 21. The second-order valence-corrected chi connectivity index (χ2v) is 17.0. The van der Waals surface area contributed by atoms with Gasteiger partial charge in [0.2, 0.25) is 0 Å². The van der Waals surface area contributed by atoms with Crippen LogP contribution in [0, 0.1) is 0 Å². The Hall–Kier alpha value is -3.41. The van der Waals surface area contributed by atoms with Gasteiger partial charge in [0.15, 0.2) is 6.10 Å². The van der Waals surface area contributed by atoms with Gasteiger partial charge in [-0.15, -0.1) is 0 Å². The van der Waals surface area contributed by atoms with E-state index in [9.17, 15) is 14.4 Å². The van der Waals surface area contributed by atoms with Crippen LogP contribution >= 0.6 is 0 Å². The summed E-state index contributed by atoms with van der Waals surface area (Å²) < 4.78 is 16.8. The third kappa shape index (κ3) is 49.5. The van der Waals surface area contributed by atoms with E-state index in [0.717, 1.165) is 128 Å². The third-order valence-electron chi connectivity index (χ3n) is 10.9. The minimum absolute atomic E-state index is 0.0910. The summed E-state index contributed by atoms with van der Waals surface area (Å²) >= 11 is 0. The Balaban J connectivity index is 4.39. The molecule has 1 atom stereocenters. The smallest absolute Gasteiger partial charge is 0.306 e. The summed E-state index contributed by atoms with van der Waals surface area (Å²) in [4.78, 5) is 37.9. The lowest BCUT2D eigenvalue weighted by molar-refractivity contribution is -0.167. The van der Waals surface area contributed by atoms with Crippen molar-refractivity contribution in [1.82, 2.24) is 0 Å². The van der Waals surface area contributed by atoms with Crippen molar-refractivity contribution in [3.63, 3.8) is 0 Å². The second kappa shape index (κ2) is 51.2. The van der Waals surface area contributed by atoms with Crippen molar-refractivity contribution in [1.29, 1.82) is 0 Å². The first kappa shape index (κ1) is 59.6. The molecule has 0 bridgehead atoms. The summed E-state index contributed by atoms with van der Waals surface area (Å²) in [6.07, 6.45) is 65.6. The third-order valence-corrected chi connectivity index (χ3v) is 10.9. The van der Waals surface area contributed by atoms with Crippen LogP contribution in [0.5, 0.6) is 0 Å². The Morgan fingerprint density at radius 2 is 0.635 bits per heavy atom. The molecule has 0 heterocycles. The molecule has 0 radical (unpaired) electrons. The normalized spacial score (nSPS) is 12.7. The molecule has 0 N–H and O–H groups in total. The van der Waals surface area contributed by atoms with E-state index >= 15 is 0 Å². The van der Waals surface area contributed by atoms with Gasteiger partial charge in [0.1, 0.15) is 13.2 Å². The molecule has 0 aliphatic heterocycles. The Labute approximate surface area is 388 Å². The van der Waals surface area contributed by atoms with E-state index in [-0.39, 0.29) is 31.1 Å². The van der Waals surface area contributed by atoms with Crippen molar-refractivity contribution >= 4 is 17.9 Å². The molecule has 0 spiro atoms. The average Bonchev–Trinajstić information content (AvgIpc) is 3.28. The number of hydrogen-bond acceptors (Lipinski definition) is 6.